The average Bonchev–Trinajstić information content (AvgIpc) is 3.62. The van der Waals surface area contributed by atoms with Crippen LogP contribution < -0.4 is 0 Å². The van der Waals surface area contributed by atoms with Crippen LogP contribution in [0.2, 0.25) is 0 Å². The van der Waals surface area contributed by atoms with Gasteiger partial charge in [-0.1, -0.05) is 140 Å². The maximum atomic E-state index is 9.91. The highest BCUT2D eigenvalue weighted by molar-refractivity contribution is 6.28. The molecule has 0 aliphatic heterocycles. The van der Waals surface area contributed by atoms with Gasteiger partial charge in [0.15, 0.2) is 0 Å². The third-order valence-electron chi connectivity index (χ3n) is 11.9. The molecule has 0 saturated carbocycles. The van der Waals surface area contributed by atoms with Crippen molar-refractivity contribution in [1.29, 1.82) is 5.26 Å². The number of hydrogen-bond acceptors (Lipinski definition) is 2. The standard InChI is InChI=1S/C54H31N3/c55-32-33-28-39-18-19-40-30-41(31-50-54(40)53(39)49(29-33)57(50)42-10-5-2-6-11-42)34-14-16-35(17-15-34)43-24-20-37-23-27-46-44(25-21-38-22-26-45(43)51(37)52(38)46)48-13-7-12-47(56-48)36-8-3-1-4-9-36/h1-31H. The SMILES string of the molecule is N#Cc1cc2ccc3cc(-c4ccc(-c5ccc6ccc7c(-c8cccc(-c9ccccc9)n8)ccc8ccc5c6c87)cc4)cc4c3c2c(c1)n4-c1ccccc1. The van der Waals surface area contributed by atoms with Crippen molar-refractivity contribution in [3.05, 3.63) is 194 Å². The normalized spacial score (nSPS) is 11.8. The summed E-state index contributed by atoms with van der Waals surface area (Å²) in [4.78, 5) is 5.15. The highest BCUT2D eigenvalue weighted by Gasteiger charge is 2.20. The van der Waals surface area contributed by atoms with Crippen molar-refractivity contribution >= 4 is 64.9 Å². The molecular weight excluding hydrogens is 691 g/mol. The summed E-state index contributed by atoms with van der Waals surface area (Å²) >= 11 is 0. The summed E-state index contributed by atoms with van der Waals surface area (Å²) < 4.78 is 2.32. The first kappa shape index (κ1) is 31.5. The molecule has 0 amide bonds. The van der Waals surface area contributed by atoms with E-state index in [4.69, 9.17) is 4.98 Å². The molecule has 0 bridgehead atoms. The van der Waals surface area contributed by atoms with E-state index in [0.29, 0.717) is 5.56 Å². The van der Waals surface area contributed by atoms with Gasteiger partial charge >= 0.3 is 0 Å². The fourth-order valence-electron chi connectivity index (χ4n) is 9.33. The second-order valence-corrected chi connectivity index (χ2v) is 15.0. The Kier molecular flexibility index (Phi) is 6.70. The molecular formula is C54H31N3. The molecule has 0 aliphatic rings. The first-order chi connectivity index (χ1) is 28.2. The number of aromatic nitrogens is 2. The molecule has 0 fully saturated rings. The topological polar surface area (TPSA) is 41.6 Å². The number of pyridine rings is 1. The Hall–Kier alpha value is -7.80. The number of para-hydroxylation sites is 1. The largest absolute Gasteiger partial charge is 0.309 e. The van der Waals surface area contributed by atoms with Gasteiger partial charge in [-0.15, -0.1) is 0 Å². The minimum Gasteiger partial charge on any atom is -0.309 e. The lowest BCUT2D eigenvalue weighted by Crippen LogP contribution is -1.94. The zero-order chi connectivity index (χ0) is 37.6. The molecule has 12 rings (SSSR count). The van der Waals surface area contributed by atoms with Crippen LogP contribution in [0.3, 0.4) is 0 Å². The Labute approximate surface area is 328 Å². The molecule has 262 valence electrons. The van der Waals surface area contributed by atoms with Crippen LogP contribution in [0.25, 0.3) is 115 Å². The van der Waals surface area contributed by atoms with Gasteiger partial charge in [0.1, 0.15) is 0 Å². The fraction of sp³-hybridized carbons (Fsp3) is 0. The van der Waals surface area contributed by atoms with E-state index in [0.717, 1.165) is 55.7 Å². The lowest BCUT2D eigenvalue weighted by molar-refractivity contribution is 1.18. The van der Waals surface area contributed by atoms with Crippen LogP contribution in [0.5, 0.6) is 0 Å². The second kappa shape index (κ2) is 12.1. The Morgan fingerprint density at radius 3 is 1.68 bits per heavy atom. The maximum absolute atomic E-state index is 9.91. The van der Waals surface area contributed by atoms with E-state index in [-0.39, 0.29) is 0 Å². The van der Waals surface area contributed by atoms with Gasteiger partial charge in [0.2, 0.25) is 0 Å². The second-order valence-electron chi connectivity index (χ2n) is 15.0. The molecule has 3 heteroatoms. The summed E-state index contributed by atoms with van der Waals surface area (Å²) in [6, 6.07) is 69.7. The smallest absolute Gasteiger partial charge is 0.0992 e. The number of benzene rings is 10. The Balaban J connectivity index is 0.987. The first-order valence-corrected chi connectivity index (χ1v) is 19.3. The number of nitriles is 1. The minimum atomic E-state index is 0.666. The van der Waals surface area contributed by atoms with E-state index in [1.807, 2.05) is 24.3 Å². The van der Waals surface area contributed by atoms with Gasteiger partial charge in [-0.05, 0) is 114 Å². The van der Waals surface area contributed by atoms with Crippen LogP contribution in [-0.4, -0.2) is 9.55 Å². The molecule has 10 aromatic carbocycles. The lowest BCUT2D eigenvalue weighted by Gasteiger charge is -2.17. The zero-order valence-corrected chi connectivity index (χ0v) is 30.7. The molecule has 57 heavy (non-hydrogen) atoms. The van der Waals surface area contributed by atoms with Crippen LogP contribution in [0, 0.1) is 11.3 Å². The molecule has 0 radical (unpaired) electrons. The Bertz CT molecular complexity index is 3560. The number of hydrogen-bond donors (Lipinski definition) is 0. The highest BCUT2D eigenvalue weighted by atomic mass is 15.0. The predicted octanol–water partition coefficient (Wildman–Crippen LogP) is 14.2. The molecule has 0 atom stereocenters. The van der Waals surface area contributed by atoms with Gasteiger partial charge in [0.25, 0.3) is 0 Å². The molecule has 0 N–H and O–H groups in total. The third kappa shape index (κ3) is 4.75. The molecule has 2 aromatic heterocycles. The Morgan fingerprint density at radius 2 is 0.965 bits per heavy atom. The van der Waals surface area contributed by atoms with Gasteiger partial charge in [-0.25, -0.2) is 4.98 Å². The Morgan fingerprint density at radius 1 is 0.386 bits per heavy atom. The van der Waals surface area contributed by atoms with Crippen LogP contribution in [0.4, 0.5) is 0 Å². The molecule has 0 unspecified atom stereocenters. The third-order valence-corrected chi connectivity index (χ3v) is 11.9. The molecule has 0 aliphatic carbocycles. The van der Waals surface area contributed by atoms with Crippen molar-refractivity contribution in [2.75, 3.05) is 0 Å². The van der Waals surface area contributed by atoms with Crippen LogP contribution in [-0.2, 0) is 0 Å². The fourth-order valence-corrected chi connectivity index (χ4v) is 9.33. The minimum absolute atomic E-state index is 0.666. The summed E-state index contributed by atoms with van der Waals surface area (Å²) in [6.45, 7) is 0. The van der Waals surface area contributed by atoms with Crippen molar-refractivity contribution in [2.24, 2.45) is 0 Å². The van der Waals surface area contributed by atoms with Crippen LogP contribution in [0.1, 0.15) is 5.56 Å². The van der Waals surface area contributed by atoms with Crippen molar-refractivity contribution in [3.63, 3.8) is 0 Å². The molecule has 12 aromatic rings. The van der Waals surface area contributed by atoms with Crippen molar-refractivity contribution < 1.29 is 0 Å². The van der Waals surface area contributed by atoms with Gasteiger partial charge in [0, 0.05) is 27.6 Å². The number of rotatable bonds is 5. The maximum Gasteiger partial charge on any atom is 0.0992 e. The van der Waals surface area contributed by atoms with E-state index in [2.05, 4.69) is 174 Å². The summed E-state index contributed by atoms with van der Waals surface area (Å²) in [5, 5.41) is 22.1. The molecule has 2 heterocycles. The van der Waals surface area contributed by atoms with E-state index >= 15 is 0 Å². The van der Waals surface area contributed by atoms with E-state index in [9.17, 15) is 5.26 Å². The monoisotopic (exact) mass is 721 g/mol. The van der Waals surface area contributed by atoms with Gasteiger partial charge in [-0.3, -0.25) is 0 Å². The lowest BCUT2D eigenvalue weighted by atomic mass is 9.87. The van der Waals surface area contributed by atoms with Crippen molar-refractivity contribution in [3.8, 4) is 56.5 Å². The summed E-state index contributed by atoms with van der Waals surface area (Å²) in [6.07, 6.45) is 0. The highest BCUT2D eigenvalue weighted by Crippen LogP contribution is 2.44. The van der Waals surface area contributed by atoms with Gasteiger partial charge < -0.3 is 4.57 Å². The van der Waals surface area contributed by atoms with Crippen molar-refractivity contribution in [1.82, 2.24) is 9.55 Å². The summed E-state index contributed by atoms with van der Waals surface area (Å²) in [5.74, 6) is 0. The van der Waals surface area contributed by atoms with E-state index in [1.54, 1.807) is 0 Å². The first-order valence-electron chi connectivity index (χ1n) is 19.3. The predicted molar refractivity (Wildman–Crippen MR) is 237 cm³/mol. The number of nitrogens with zero attached hydrogens (tertiary/aromatic N) is 3. The van der Waals surface area contributed by atoms with Gasteiger partial charge in [-0.2, -0.15) is 5.26 Å². The average molecular weight is 722 g/mol. The van der Waals surface area contributed by atoms with E-state index in [1.165, 1.54) is 59.6 Å². The molecule has 3 nitrogen and oxygen atoms in total. The van der Waals surface area contributed by atoms with E-state index < -0.39 is 0 Å². The quantitative estimate of drug-likeness (QED) is 0.166. The van der Waals surface area contributed by atoms with Crippen LogP contribution in [0.15, 0.2) is 188 Å². The van der Waals surface area contributed by atoms with Gasteiger partial charge in [0.05, 0.1) is 34.1 Å². The van der Waals surface area contributed by atoms with Crippen molar-refractivity contribution in [2.45, 2.75) is 0 Å². The summed E-state index contributed by atoms with van der Waals surface area (Å²) in [7, 11) is 0. The summed E-state index contributed by atoms with van der Waals surface area (Å²) in [5.41, 5.74) is 12.9. The zero-order valence-electron chi connectivity index (χ0n) is 30.7. The van der Waals surface area contributed by atoms with Crippen LogP contribution >= 0.6 is 0 Å². The molecule has 0 spiro atoms. The molecule has 0 saturated heterocycles.